The number of pyridine rings is 1. The maximum absolute atomic E-state index is 12.7. The van der Waals surface area contributed by atoms with Crippen LogP contribution in [0.3, 0.4) is 0 Å². The van der Waals surface area contributed by atoms with Gasteiger partial charge in [-0.1, -0.05) is 19.1 Å². The van der Waals surface area contributed by atoms with E-state index in [2.05, 4.69) is 20.3 Å². The van der Waals surface area contributed by atoms with Gasteiger partial charge in [-0.15, -0.1) is 0 Å². The van der Waals surface area contributed by atoms with Crippen LogP contribution in [0.2, 0.25) is 0 Å². The van der Waals surface area contributed by atoms with Gasteiger partial charge in [-0.05, 0) is 24.1 Å². The van der Waals surface area contributed by atoms with Crippen molar-refractivity contribution in [2.45, 2.75) is 18.5 Å². The largest absolute Gasteiger partial charge is 0.300 e. The minimum absolute atomic E-state index is 0.00993. The van der Waals surface area contributed by atoms with Crippen LogP contribution >= 0.6 is 0 Å². The lowest BCUT2D eigenvalue weighted by atomic mass is 10.1. The molecule has 3 rings (SSSR count). The summed E-state index contributed by atoms with van der Waals surface area (Å²) in [7, 11) is -2.44. The number of nitrogens with one attached hydrogen (secondary N) is 1. The summed E-state index contributed by atoms with van der Waals surface area (Å²) in [5.41, 5.74) is 3.07. The van der Waals surface area contributed by atoms with Crippen LogP contribution in [-0.4, -0.2) is 42.2 Å². The van der Waals surface area contributed by atoms with Gasteiger partial charge in [0.1, 0.15) is 5.56 Å². The molecule has 10 heteroatoms. The molecule has 1 N–H and O–H groups in total. The highest BCUT2D eigenvalue weighted by molar-refractivity contribution is 7.90. The SMILES string of the molecule is CCc1ccc(-n2cc(C(=O)NOC)c(=O)c3cnc(S(C)(=O)=O)nc32)cc1. The number of hydrogen-bond donors (Lipinski definition) is 1. The molecular formula is C18H18N4O5S. The van der Waals surface area contributed by atoms with Gasteiger partial charge in [0, 0.05) is 24.3 Å². The van der Waals surface area contributed by atoms with Crippen LogP contribution in [0.4, 0.5) is 0 Å². The summed E-state index contributed by atoms with van der Waals surface area (Å²) in [5, 5.41) is -0.400. The Morgan fingerprint density at radius 2 is 1.93 bits per heavy atom. The average molecular weight is 402 g/mol. The molecule has 0 fully saturated rings. The number of carbonyl (C=O) groups is 1. The van der Waals surface area contributed by atoms with Crippen molar-refractivity contribution in [1.82, 2.24) is 20.0 Å². The Morgan fingerprint density at radius 1 is 1.25 bits per heavy atom. The van der Waals surface area contributed by atoms with Crippen molar-refractivity contribution in [3.05, 3.63) is 58.0 Å². The van der Waals surface area contributed by atoms with E-state index < -0.39 is 26.3 Å². The van der Waals surface area contributed by atoms with E-state index in [0.29, 0.717) is 5.69 Å². The number of rotatable bonds is 5. The zero-order valence-electron chi connectivity index (χ0n) is 15.5. The topological polar surface area (TPSA) is 120 Å². The number of nitrogens with zero attached hydrogens (tertiary/aromatic N) is 3. The molecule has 2 aromatic heterocycles. The van der Waals surface area contributed by atoms with E-state index in [1.54, 1.807) is 12.1 Å². The number of fused-ring (bicyclic) bond motifs is 1. The van der Waals surface area contributed by atoms with Crippen LogP contribution in [-0.2, 0) is 21.1 Å². The molecule has 0 aliphatic rings. The van der Waals surface area contributed by atoms with E-state index in [1.165, 1.54) is 17.9 Å². The number of amides is 1. The Morgan fingerprint density at radius 3 is 2.50 bits per heavy atom. The van der Waals surface area contributed by atoms with Gasteiger partial charge in [0.15, 0.2) is 5.65 Å². The number of carbonyl (C=O) groups excluding carboxylic acids is 1. The quantitative estimate of drug-likeness (QED) is 0.500. The van der Waals surface area contributed by atoms with Crippen molar-refractivity contribution in [2.75, 3.05) is 13.4 Å². The van der Waals surface area contributed by atoms with Gasteiger partial charge >= 0.3 is 0 Å². The van der Waals surface area contributed by atoms with E-state index in [4.69, 9.17) is 0 Å². The summed E-state index contributed by atoms with van der Waals surface area (Å²) >= 11 is 0. The average Bonchev–Trinajstić information content (AvgIpc) is 2.67. The molecule has 1 aromatic carbocycles. The van der Waals surface area contributed by atoms with Crippen LogP contribution in [0.25, 0.3) is 16.7 Å². The van der Waals surface area contributed by atoms with E-state index in [9.17, 15) is 18.0 Å². The Kier molecular flexibility index (Phi) is 5.25. The molecule has 2 heterocycles. The number of hydroxylamine groups is 1. The van der Waals surface area contributed by atoms with Crippen LogP contribution in [0, 0.1) is 0 Å². The first-order valence-electron chi connectivity index (χ1n) is 8.31. The van der Waals surface area contributed by atoms with Crippen LogP contribution in [0.15, 0.2) is 46.6 Å². The molecule has 0 saturated heterocycles. The van der Waals surface area contributed by atoms with Gasteiger partial charge in [-0.25, -0.2) is 18.9 Å². The van der Waals surface area contributed by atoms with Crippen molar-refractivity contribution in [2.24, 2.45) is 0 Å². The minimum Gasteiger partial charge on any atom is -0.300 e. The number of aromatic nitrogens is 3. The van der Waals surface area contributed by atoms with Gasteiger partial charge in [0.2, 0.25) is 20.4 Å². The Labute approximate surface area is 160 Å². The number of hydrogen-bond acceptors (Lipinski definition) is 7. The van der Waals surface area contributed by atoms with Crippen molar-refractivity contribution >= 4 is 26.8 Å². The second kappa shape index (κ2) is 7.49. The third kappa shape index (κ3) is 3.64. The fourth-order valence-corrected chi connectivity index (χ4v) is 3.17. The van der Waals surface area contributed by atoms with Gasteiger partial charge in [-0.2, -0.15) is 4.98 Å². The lowest BCUT2D eigenvalue weighted by Gasteiger charge is -2.13. The van der Waals surface area contributed by atoms with Crippen LogP contribution in [0.5, 0.6) is 0 Å². The number of aryl methyl sites for hydroxylation is 1. The summed E-state index contributed by atoms with van der Waals surface area (Å²) in [6, 6.07) is 7.38. The predicted molar refractivity (Wildman–Crippen MR) is 102 cm³/mol. The third-order valence-corrected chi connectivity index (χ3v) is 4.98. The molecule has 146 valence electrons. The lowest BCUT2D eigenvalue weighted by molar-refractivity contribution is 0.0536. The predicted octanol–water partition coefficient (Wildman–Crippen LogP) is 1.04. The van der Waals surface area contributed by atoms with E-state index in [0.717, 1.165) is 24.4 Å². The van der Waals surface area contributed by atoms with E-state index in [1.807, 2.05) is 19.1 Å². The Bertz CT molecular complexity index is 1220. The van der Waals surface area contributed by atoms with E-state index >= 15 is 0 Å². The zero-order valence-corrected chi connectivity index (χ0v) is 16.3. The molecule has 0 unspecified atom stereocenters. The maximum atomic E-state index is 12.7. The second-order valence-corrected chi connectivity index (χ2v) is 7.97. The molecule has 0 spiro atoms. The van der Waals surface area contributed by atoms with Gasteiger partial charge in [0.05, 0.1) is 12.5 Å². The van der Waals surface area contributed by atoms with Crippen molar-refractivity contribution < 1.29 is 18.0 Å². The number of sulfone groups is 1. The smallest absolute Gasteiger partial charge is 0.280 e. The highest BCUT2D eigenvalue weighted by Gasteiger charge is 2.20. The van der Waals surface area contributed by atoms with Crippen molar-refractivity contribution in [3.8, 4) is 5.69 Å². The summed E-state index contributed by atoms with van der Waals surface area (Å²) in [6.45, 7) is 2.02. The molecule has 0 aliphatic carbocycles. The Hall–Kier alpha value is -3.11. The third-order valence-electron chi connectivity index (χ3n) is 4.12. The lowest BCUT2D eigenvalue weighted by Crippen LogP contribution is -2.29. The fourth-order valence-electron chi connectivity index (χ4n) is 2.67. The summed E-state index contributed by atoms with van der Waals surface area (Å²) < 4.78 is 25.2. The standard InChI is InChI=1S/C18H18N4O5S/c1-4-11-5-7-12(8-6-11)22-10-14(17(24)21-27-2)15(23)13-9-19-18(20-16(13)22)28(3,25)26/h5-10H,4H2,1-3H3,(H,21,24). The molecule has 0 bridgehead atoms. The van der Waals surface area contributed by atoms with Crippen molar-refractivity contribution in [1.29, 1.82) is 0 Å². The monoisotopic (exact) mass is 402 g/mol. The van der Waals surface area contributed by atoms with Gasteiger partial charge in [0.25, 0.3) is 5.91 Å². The van der Waals surface area contributed by atoms with E-state index in [-0.39, 0.29) is 16.6 Å². The highest BCUT2D eigenvalue weighted by Crippen LogP contribution is 2.18. The molecule has 1 amide bonds. The molecule has 0 atom stereocenters. The van der Waals surface area contributed by atoms with Crippen LogP contribution < -0.4 is 10.9 Å². The van der Waals surface area contributed by atoms with Gasteiger partial charge < -0.3 is 4.57 Å². The molecule has 28 heavy (non-hydrogen) atoms. The maximum Gasteiger partial charge on any atom is 0.280 e. The molecule has 9 nitrogen and oxygen atoms in total. The molecule has 0 aliphatic heterocycles. The summed E-state index contributed by atoms with van der Waals surface area (Å²) in [4.78, 5) is 37.4. The highest BCUT2D eigenvalue weighted by atomic mass is 32.2. The molecular weight excluding hydrogens is 384 g/mol. The molecule has 0 saturated carbocycles. The summed E-state index contributed by atoms with van der Waals surface area (Å²) in [5.74, 6) is -0.736. The molecule has 0 radical (unpaired) electrons. The zero-order chi connectivity index (χ0) is 20.5. The normalized spacial score (nSPS) is 11.5. The second-order valence-electron chi connectivity index (χ2n) is 6.06. The molecule has 3 aromatic rings. The first-order valence-corrected chi connectivity index (χ1v) is 10.2. The Balaban J connectivity index is 2.37. The summed E-state index contributed by atoms with van der Waals surface area (Å²) in [6.07, 6.45) is 4.24. The van der Waals surface area contributed by atoms with Crippen LogP contribution in [0.1, 0.15) is 22.8 Å². The van der Waals surface area contributed by atoms with Gasteiger partial charge in [-0.3, -0.25) is 14.4 Å². The number of benzene rings is 1. The first-order chi connectivity index (χ1) is 13.3. The first kappa shape index (κ1) is 19.6. The fraction of sp³-hybridized carbons (Fsp3) is 0.222. The minimum atomic E-state index is -3.69. The van der Waals surface area contributed by atoms with Crippen molar-refractivity contribution in [3.63, 3.8) is 0 Å².